The highest BCUT2D eigenvalue weighted by atomic mass is 32.2. The molecule has 96 valence electrons. The Hall–Kier alpha value is -2.16. The number of rotatable bonds is 3. The molecule has 19 heavy (non-hydrogen) atoms. The molecule has 0 saturated heterocycles. The van der Waals surface area contributed by atoms with Gasteiger partial charge in [-0.25, -0.2) is 0 Å². The molecule has 2 aromatic rings. The van der Waals surface area contributed by atoms with Crippen molar-refractivity contribution >= 4 is 10.1 Å². The predicted octanol–water partition coefficient (Wildman–Crippen LogP) is 2.34. The highest BCUT2D eigenvalue weighted by Crippen LogP contribution is 2.36. The maximum atomic E-state index is 11.8. The zero-order valence-electron chi connectivity index (χ0n) is 9.89. The fourth-order valence-electron chi connectivity index (χ4n) is 2.00. The average molecular weight is 273 g/mol. The Labute approximate surface area is 111 Å². The van der Waals surface area contributed by atoms with Crippen LogP contribution in [-0.4, -0.2) is 13.0 Å². The number of nitriles is 1. The molecule has 0 bridgehead atoms. The Kier molecular flexibility index (Phi) is 3.38. The largest absolute Gasteiger partial charge is 0.293 e. The molecule has 4 nitrogen and oxygen atoms in total. The van der Waals surface area contributed by atoms with Gasteiger partial charge in [0.05, 0.1) is 6.07 Å². The van der Waals surface area contributed by atoms with Crippen molar-refractivity contribution in [3.63, 3.8) is 0 Å². The minimum Gasteiger partial charge on any atom is -0.284 e. The van der Waals surface area contributed by atoms with Crippen LogP contribution in [0, 0.1) is 11.3 Å². The first-order chi connectivity index (χ1) is 9.02. The van der Waals surface area contributed by atoms with E-state index in [1.165, 1.54) is 24.3 Å². The molecular formula is C14H11NO3S. The monoisotopic (exact) mass is 273 g/mol. The molecular weight excluding hydrogens is 262 g/mol. The van der Waals surface area contributed by atoms with Gasteiger partial charge in [0.25, 0.3) is 10.1 Å². The topological polar surface area (TPSA) is 78.2 Å². The maximum Gasteiger partial charge on any atom is 0.293 e. The summed E-state index contributed by atoms with van der Waals surface area (Å²) in [6.45, 7) is 0. The van der Waals surface area contributed by atoms with Crippen LogP contribution >= 0.6 is 0 Å². The van der Waals surface area contributed by atoms with Crippen molar-refractivity contribution in [1.82, 2.24) is 0 Å². The molecule has 2 aromatic carbocycles. The number of hydrogen-bond donors (Lipinski definition) is 1. The molecule has 2 rings (SSSR count). The van der Waals surface area contributed by atoms with E-state index < -0.39 is 14.9 Å². The van der Waals surface area contributed by atoms with E-state index in [9.17, 15) is 18.2 Å². The summed E-state index contributed by atoms with van der Waals surface area (Å²) >= 11 is 0. The van der Waals surface area contributed by atoms with Crippen LogP contribution in [0.4, 0.5) is 0 Å². The van der Waals surface area contributed by atoms with Crippen molar-refractivity contribution in [3.8, 4) is 6.07 Å². The summed E-state index contributed by atoms with van der Waals surface area (Å²) < 4.78 is 31.1. The van der Waals surface area contributed by atoms with Crippen molar-refractivity contribution in [2.75, 3.05) is 0 Å². The summed E-state index contributed by atoms with van der Waals surface area (Å²) in [6, 6.07) is 17.7. The van der Waals surface area contributed by atoms with Gasteiger partial charge in [-0.3, -0.25) is 4.55 Å². The highest BCUT2D eigenvalue weighted by molar-refractivity contribution is 7.87. The summed E-state index contributed by atoms with van der Waals surface area (Å²) in [5, 5.41) is 9.43. The standard InChI is InChI=1S/C14H11NO3S/c15-11-14(19(16,17)18,12-7-3-1-4-8-12)13-9-5-2-6-10-13/h1-10H,(H,16,17,18). The molecule has 0 radical (unpaired) electrons. The molecule has 0 amide bonds. The molecule has 0 saturated carbocycles. The van der Waals surface area contributed by atoms with Crippen LogP contribution < -0.4 is 0 Å². The minimum absolute atomic E-state index is 0.214. The van der Waals surface area contributed by atoms with Crippen LogP contribution in [-0.2, 0) is 14.9 Å². The zero-order chi connectivity index (χ0) is 13.9. The average Bonchev–Trinajstić information content (AvgIpc) is 2.41. The molecule has 0 aliphatic carbocycles. The Morgan fingerprint density at radius 3 is 1.53 bits per heavy atom. The SMILES string of the molecule is N#CC(c1ccccc1)(c1ccccc1)S(=O)(=O)O. The third-order valence-corrected chi connectivity index (χ3v) is 4.24. The Morgan fingerprint density at radius 2 is 1.26 bits per heavy atom. The summed E-state index contributed by atoms with van der Waals surface area (Å²) in [6.07, 6.45) is 0. The van der Waals surface area contributed by atoms with Gasteiger partial charge in [-0.15, -0.1) is 0 Å². The van der Waals surface area contributed by atoms with Gasteiger partial charge in [0.15, 0.2) is 0 Å². The molecule has 0 aromatic heterocycles. The first kappa shape index (κ1) is 13.3. The Balaban J connectivity index is 2.83. The van der Waals surface area contributed by atoms with Crippen LogP contribution in [0.1, 0.15) is 11.1 Å². The Bertz CT molecular complexity index is 664. The summed E-state index contributed by atoms with van der Waals surface area (Å²) in [7, 11) is -4.64. The fourth-order valence-corrected chi connectivity index (χ4v) is 2.98. The second-order valence-corrected chi connectivity index (χ2v) is 5.56. The summed E-state index contributed by atoms with van der Waals surface area (Å²) in [5.74, 6) is 0. The van der Waals surface area contributed by atoms with Crippen molar-refractivity contribution < 1.29 is 13.0 Å². The molecule has 0 atom stereocenters. The fraction of sp³-hybridized carbons (Fsp3) is 0.0714. The van der Waals surface area contributed by atoms with Crippen molar-refractivity contribution in [2.45, 2.75) is 4.75 Å². The third kappa shape index (κ3) is 2.12. The molecule has 0 fully saturated rings. The van der Waals surface area contributed by atoms with Gasteiger partial charge < -0.3 is 0 Å². The number of hydrogen-bond acceptors (Lipinski definition) is 3. The number of benzene rings is 2. The van der Waals surface area contributed by atoms with Crippen molar-refractivity contribution in [3.05, 3.63) is 71.8 Å². The quantitative estimate of drug-likeness (QED) is 0.871. The van der Waals surface area contributed by atoms with E-state index in [0.29, 0.717) is 0 Å². The second-order valence-electron chi connectivity index (χ2n) is 4.00. The van der Waals surface area contributed by atoms with E-state index in [1.807, 2.05) is 0 Å². The third-order valence-electron chi connectivity index (χ3n) is 2.91. The van der Waals surface area contributed by atoms with Gasteiger partial charge in [-0.1, -0.05) is 60.7 Å². The van der Waals surface area contributed by atoms with Gasteiger partial charge in [0.2, 0.25) is 4.75 Å². The van der Waals surface area contributed by atoms with E-state index in [0.717, 1.165) is 0 Å². The van der Waals surface area contributed by atoms with E-state index in [2.05, 4.69) is 0 Å². The normalized spacial score (nSPS) is 11.8. The summed E-state index contributed by atoms with van der Waals surface area (Å²) in [4.78, 5) is 0. The first-order valence-electron chi connectivity index (χ1n) is 5.52. The molecule has 0 spiro atoms. The van der Waals surface area contributed by atoms with Crippen LogP contribution in [0.5, 0.6) is 0 Å². The first-order valence-corrected chi connectivity index (χ1v) is 6.96. The van der Waals surface area contributed by atoms with Gasteiger partial charge >= 0.3 is 0 Å². The summed E-state index contributed by atoms with van der Waals surface area (Å²) in [5.41, 5.74) is 0.428. The lowest BCUT2D eigenvalue weighted by atomic mass is 9.91. The van der Waals surface area contributed by atoms with E-state index >= 15 is 0 Å². The predicted molar refractivity (Wildman–Crippen MR) is 70.8 cm³/mol. The molecule has 0 unspecified atom stereocenters. The molecule has 0 heterocycles. The van der Waals surface area contributed by atoms with Crippen LogP contribution in [0.15, 0.2) is 60.7 Å². The maximum absolute atomic E-state index is 11.8. The highest BCUT2D eigenvalue weighted by Gasteiger charge is 2.47. The van der Waals surface area contributed by atoms with Crippen LogP contribution in [0.2, 0.25) is 0 Å². The lowest BCUT2D eigenvalue weighted by molar-refractivity contribution is 0.463. The Morgan fingerprint density at radius 1 is 0.895 bits per heavy atom. The van der Waals surface area contributed by atoms with Crippen LogP contribution in [0.25, 0.3) is 0 Å². The minimum atomic E-state index is -4.64. The van der Waals surface area contributed by atoms with Crippen molar-refractivity contribution in [1.29, 1.82) is 5.26 Å². The van der Waals surface area contributed by atoms with Gasteiger partial charge in [0.1, 0.15) is 0 Å². The van der Waals surface area contributed by atoms with Gasteiger partial charge in [0, 0.05) is 0 Å². The van der Waals surface area contributed by atoms with Crippen molar-refractivity contribution in [2.24, 2.45) is 0 Å². The lowest BCUT2D eigenvalue weighted by Crippen LogP contribution is -2.35. The van der Waals surface area contributed by atoms with Crippen LogP contribution in [0.3, 0.4) is 0 Å². The van der Waals surface area contributed by atoms with E-state index in [4.69, 9.17) is 0 Å². The smallest absolute Gasteiger partial charge is 0.284 e. The second kappa shape index (κ2) is 4.84. The van der Waals surface area contributed by atoms with Gasteiger partial charge in [-0.2, -0.15) is 13.7 Å². The number of nitrogens with zero attached hydrogens (tertiary/aromatic N) is 1. The van der Waals surface area contributed by atoms with Gasteiger partial charge in [-0.05, 0) is 11.1 Å². The van der Waals surface area contributed by atoms with E-state index in [-0.39, 0.29) is 11.1 Å². The lowest BCUT2D eigenvalue weighted by Gasteiger charge is -2.24. The zero-order valence-corrected chi connectivity index (χ0v) is 10.7. The molecule has 0 aliphatic heterocycles. The van der Waals surface area contributed by atoms with E-state index in [1.54, 1.807) is 42.5 Å². The molecule has 1 N–H and O–H groups in total. The molecule has 0 aliphatic rings. The molecule has 5 heteroatoms.